The number of thioether (sulfide) groups is 3. The van der Waals surface area contributed by atoms with Crippen molar-refractivity contribution in [1.82, 2.24) is 0 Å². The van der Waals surface area contributed by atoms with Crippen LogP contribution in [-0.2, 0) is 0 Å². The second kappa shape index (κ2) is 14.7. The maximum atomic E-state index is 7.23. The van der Waals surface area contributed by atoms with Gasteiger partial charge in [-0.05, 0) is 159 Å². The van der Waals surface area contributed by atoms with E-state index in [9.17, 15) is 0 Å². The highest BCUT2D eigenvalue weighted by atomic mass is 32.2. The van der Waals surface area contributed by atoms with E-state index in [4.69, 9.17) is 14.2 Å². The minimum Gasteiger partial charge on any atom is -0.458 e. The smallest absolute Gasteiger partial charge is 0.256 e. The van der Waals surface area contributed by atoms with Crippen molar-refractivity contribution in [3.63, 3.8) is 0 Å². The third kappa shape index (κ3) is 5.29. The third-order valence-electron chi connectivity index (χ3n) is 14.8. The van der Waals surface area contributed by atoms with Crippen molar-refractivity contribution in [3.05, 3.63) is 127 Å². The first kappa shape index (κ1) is 40.2. The van der Waals surface area contributed by atoms with Crippen LogP contribution in [0.3, 0.4) is 0 Å². The van der Waals surface area contributed by atoms with E-state index >= 15 is 0 Å². The normalized spacial score (nSPS) is 14.8. The van der Waals surface area contributed by atoms with E-state index in [0.717, 1.165) is 57.2 Å². The molecular formula is C53H37B3N4O3S5. The number of para-hydroxylation sites is 4. The highest BCUT2D eigenvalue weighted by Crippen LogP contribution is 2.53. The summed E-state index contributed by atoms with van der Waals surface area (Å²) in [6, 6.07) is 47.3. The lowest BCUT2D eigenvalue weighted by atomic mass is 9.29. The minimum absolute atomic E-state index is 0.0121. The van der Waals surface area contributed by atoms with Crippen molar-refractivity contribution in [2.24, 2.45) is 0 Å². The predicted octanol–water partition coefficient (Wildman–Crippen LogP) is 9.02. The van der Waals surface area contributed by atoms with Crippen LogP contribution >= 0.6 is 59.2 Å². The molecule has 7 nitrogen and oxygen atoms in total. The van der Waals surface area contributed by atoms with E-state index in [2.05, 4.69) is 177 Å². The summed E-state index contributed by atoms with van der Waals surface area (Å²) in [7, 11) is 0. The van der Waals surface area contributed by atoms with Crippen molar-refractivity contribution in [2.75, 3.05) is 50.1 Å². The SMILES string of the molecule is CSc1cc2c3c(c1)N(SC)c1cc4c(cc1B3c1ccccc1O2)B1c2cc3c(cc2Oc2cc(SC)cc(c21)N4SC)Nc1cc(SC)cc2c1B3c1cccc3c1N2c1ccccc1O3. The van der Waals surface area contributed by atoms with Crippen molar-refractivity contribution in [2.45, 2.75) is 14.7 Å². The minimum atomic E-state index is -0.106. The molecule has 326 valence electrons. The van der Waals surface area contributed by atoms with E-state index in [-0.39, 0.29) is 20.1 Å². The van der Waals surface area contributed by atoms with Crippen LogP contribution < -0.4 is 82.2 Å². The van der Waals surface area contributed by atoms with Crippen molar-refractivity contribution >= 4 is 180 Å². The van der Waals surface area contributed by atoms with Crippen LogP contribution in [0.1, 0.15) is 0 Å². The molecule has 7 heterocycles. The second-order valence-electron chi connectivity index (χ2n) is 17.9. The molecule has 7 aliphatic heterocycles. The van der Waals surface area contributed by atoms with E-state index in [0.29, 0.717) is 0 Å². The molecule has 0 spiro atoms. The topological polar surface area (TPSA) is 49.4 Å². The van der Waals surface area contributed by atoms with Crippen LogP contribution in [0.15, 0.2) is 142 Å². The Balaban J connectivity index is 0.988. The summed E-state index contributed by atoms with van der Waals surface area (Å²) >= 11 is 8.79. The van der Waals surface area contributed by atoms with Crippen LogP contribution in [0.4, 0.5) is 51.2 Å². The molecule has 8 aromatic carbocycles. The first-order chi connectivity index (χ1) is 33.5. The van der Waals surface area contributed by atoms with Gasteiger partial charge in [0.2, 0.25) is 0 Å². The lowest BCUT2D eigenvalue weighted by molar-refractivity contribution is 0.477. The molecule has 0 atom stereocenters. The van der Waals surface area contributed by atoms with Crippen molar-refractivity contribution in [3.8, 4) is 34.5 Å². The van der Waals surface area contributed by atoms with Crippen LogP contribution in [0.25, 0.3) is 0 Å². The Morgan fingerprint density at radius 1 is 0.382 bits per heavy atom. The van der Waals surface area contributed by atoms with Crippen molar-refractivity contribution < 1.29 is 14.2 Å². The van der Waals surface area contributed by atoms with E-state index in [1.807, 2.05) is 0 Å². The second-order valence-corrected chi connectivity index (χ2v) is 22.0. The molecule has 0 saturated carbocycles. The summed E-state index contributed by atoms with van der Waals surface area (Å²) < 4.78 is 25.6. The molecule has 15 heteroatoms. The Morgan fingerprint density at radius 3 is 1.65 bits per heavy atom. The molecular weight excluding hydrogens is 933 g/mol. The van der Waals surface area contributed by atoms with Gasteiger partial charge in [-0.3, -0.25) is 8.61 Å². The number of benzene rings is 8. The summed E-state index contributed by atoms with van der Waals surface area (Å²) in [5, 5.41) is 3.99. The molecule has 0 saturated heterocycles. The third-order valence-corrected chi connectivity index (χ3v) is 18.4. The zero-order valence-corrected chi connectivity index (χ0v) is 41.5. The van der Waals surface area contributed by atoms with Crippen molar-refractivity contribution in [1.29, 1.82) is 0 Å². The Morgan fingerprint density at radius 2 is 0.941 bits per heavy atom. The molecule has 1 N–H and O–H groups in total. The monoisotopic (exact) mass is 970 g/mol. The summed E-state index contributed by atoms with van der Waals surface area (Å²) in [4.78, 5) is 5.99. The lowest BCUT2D eigenvalue weighted by Crippen LogP contribution is -2.65. The summed E-state index contributed by atoms with van der Waals surface area (Å²) in [5.41, 5.74) is 21.4. The predicted molar refractivity (Wildman–Crippen MR) is 297 cm³/mol. The molecule has 7 aliphatic rings. The van der Waals surface area contributed by atoms with Gasteiger partial charge in [0.1, 0.15) is 23.0 Å². The Labute approximate surface area is 417 Å². The largest absolute Gasteiger partial charge is 0.458 e. The summed E-state index contributed by atoms with van der Waals surface area (Å²) in [6.07, 6.45) is 10.8. The molecule has 15 rings (SSSR count). The average Bonchev–Trinajstić information content (AvgIpc) is 3.37. The fourth-order valence-corrected chi connectivity index (χ4v) is 14.9. The number of nitrogens with zero attached hydrogens (tertiary/aromatic N) is 3. The van der Waals surface area contributed by atoms with Gasteiger partial charge in [-0.1, -0.05) is 54.6 Å². The lowest BCUT2D eigenvalue weighted by Gasteiger charge is -2.44. The fourth-order valence-electron chi connectivity index (χ4n) is 12.1. The van der Waals surface area contributed by atoms with Gasteiger partial charge in [0.05, 0.1) is 22.7 Å². The van der Waals surface area contributed by atoms with Gasteiger partial charge >= 0.3 is 0 Å². The number of hydrogen-bond acceptors (Lipinski definition) is 12. The Hall–Kier alpha value is -5.70. The molecule has 0 amide bonds. The number of hydrogen-bond donors (Lipinski definition) is 1. The molecule has 8 aromatic rings. The Kier molecular flexibility index (Phi) is 8.67. The van der Waals surface area contributed by atoms with Gasteiger partial charge in [-0.15, -0.1) is 35.3 Å². The zero-order chi connectivity index (χ0) is 45.3. The van der Waals surface area contributed by atoms with E-state index in [1.165, 1.54) is 92.3 Å². The van der Waals surface area contributed by atoms with Crippen LogP contribution in [0, 0.1) is 0 Å². The van der Waals surface area contributed by atoms with Gasteiger partial charge in [-0.2, -0.15) is 0 Å². The number of rotatable bonds is 5. The maximum absolute atomic E-state index is 7.23. The molecule has 68 heavy (non-hydrogen) atoms. The fraction of sp³-hybridized carbons (Fsp3) is 0.0943. The van der Waals surface area contributed by atoms with E-state index in [1.54, 1.807) is 59.2 Å². The van der Waals surface area contributed by atoms with Crippen LogP contribution in [0.2, 0.25) is 0 Å². The van der Waals surface area contributed by atoms with Gasteiger partial charge in [-0.25, -0.2) is 0 Å². The number of fused-ring (bicyclic) bond motifs is 14. The highest BCUT2D eigenvalue weighted by Gasteiger charge is 2.49. The van der Waals surface area contributed by atoms with Gasteiger partial charge in [0, 0.05) is 61.7 Å². The summed E-state index contributed by atoms with van der Waals surface area (Å²) in [5.74, 6) is 5.38. The van der Waals surface area contributed by atoms with Gasteiger partial charge < -0.3 is 24.4 Å². The molecule has 0 unspecified atom stereocenters. The number of nitrogens with one attached hydrogen (secondary N) is 1. The zero-order valence-electron chi connectivity index (χ0n) is 37.5. The molecule has 0 radical (unpaired) electrons. The molecule has 0 aromatic heterocycles. The quantitative estimate of drug-likeness (QED) is 0.102. The summed E-state index contributed by atoms with van der Waals surface area (Å²) in [6.45, 7) is -0.172. The molecule has 0 fully saturated rings. The van der Waals surface area contributed by atoms with Gasteiger partial charge in [0.15, 0.2) is 11.5 Å². The highest BCUT2D eigenvalue weighted by molar-refractivity contribution is 8.00. The number of anilines is 9. The molecule has 0 aliphatic carbocycles. The molecule has 0 bridgehead atoms. The Bertz CT molecular complexity index is 3620. The van der Waals surface area contributed by atoms with E-state index < -0.39 is 0 Å². The van der Waals surface area contributed by atoms with Crippen LogP contribution in [0.5, 0.6) is 34.5 Å². The average molecular weight is 971 g/mol. The first-order valence-corrected chi connectivity index (χ1v) is 28.6. The first-order valence-electron chi connectivity index (χ1n) is 22.6. The standard InChI is InChI=1S/C53H37B3N4O3S5/c1-64-27-17-37-50-41(18-27)58-38-13-7-9-15-45(38)62-46-16-10-12-31(53(46)58)55(50)32-23-35-47(25-36(32)57-37)63-49-22-29(66-3)20-43-52(49)56(35)34-24-33-39(26-40(34)60(43)68-5)59(67-4)42-19-28(65-2)21-48-51(42)54(33)30-11-6-8-14-44(30)61-48/h6-26,57H,1-5H3. The van der Waals surface area contributed by atoms with Gasteiger partial charge in [0.25, 0.3) is 20.1 Å². The maximum Gasteiger partial charge on any atom is 0.256 e. The number of ether oxygens (including phenoxy) is 3. The van der Waals surface area contributed by atoms with Crippen LogP contribution in [-0.4, -0.2) is 51.4 Å².